The Morgan fingerprint density at radius 2 is 1.92 bits per heavy atom. The summed E-state index contributed by atoms with van der Waals surface area (Å²) in [6, 6.07) is 7.66. The number of amides is 1. The number of hydrogen-bond acceptors (Lipinski definition) is 3. The predicted octanol–water partition coefficient (Wildman–Crippen LogP) is 4.38. The van der Waals surface area contributed by atoms with E-state index in [1.54, 1.807) is 6.20 Å². The highest BCUT2D eigenvalue weighted by Gasteiger charge is 2.16. The molecule has 1 amide bonds. The van der Waals surface area contributed by atoms with E-state index in [-0.39, 0.29) is 5.91 Å². The van der Waals surface area contributed by atoms with Crippen molar-refractivity contribution in [3.63, 3.8) is 0 Å². The van der Waals surface area contributed by atoms with E-state index in [0.29, 0.717) is 18.0 Å². The molecule has 0 saturated heterocycles. The van der Waals surface area contributed by atoms with E-state index in [2.05, 4.69) is 28.5 Å². The Balaban J connectivity index is 1.32. The van der Waals surface area contributed by atoms with Gasteiger partial charge in [0.1, 0.15) is 0 Å². The predicted molar refractivity (Wildman–Crippen MR) is 107 cm³/mol. The van der Waals surface area contributed by atoms with Crippen LogP contribution in [0.4, 0.5) is 5.69 Å². The summed E-state index contributed by atoms with van der Waals surface area (Å²) in [5.74, 6) is 1.42. The third kappa shape index (κ3) is 5.60. The summed E-state index contributed by atoms with van der Waals surface area (Å²) in [7, 11) is 0. The van der Waals surface area contributed by atoms with E-state index in [4.69, 9.17) is 11.6 Å². The first kappa shape index (κ1) is 19.0. The summed E-state index contributed by atoms with van der Waals surface area (Å²) < 4.78 is 0. The fourth-order valence-electron chi connectivity index (χ4n) is 2.94. The molecule has 2 N–H and O–H groups in total. The first-order valence-corrected chi connectivity index (χ1v) is 9.35. The number of fused-ring (bicyclic) bond motifs is 1. The van der Waals surface area contributed by atoms with Gasteiger partial charge in [-0.1, -0.05) is 11.6 Å². The maximum absolute atomic E-state index is 11.9. The zero-order valence-corrected chi connectivity index (χ0v) is 15.4. The molecule has 1 aliphatic carbocycles. The fourth-order valence-corrected chi connectivity index (χ4v) is 3.10. The van der Waals surface area contributed by atoms with E-state index in [1.165, 1.54) is 5.92 Å². The molecule has 1 aliphatic rings. The molecule has 5 radical (unpaired) electrons. The highest BCUT2D eigenvalue weighted by molar-refractivity contribution is 6.31. The Labute approximate surface area is 160 Å². The molecule has 1 aromatic carbocycles. The molecule has 1 saturated carbocycles. The Bertz CT molecular complexity index is 728. The first-order chi connectivity index (χ1) is 12.7. The average Bonchev–Trinajstić information content (AvgIpc) is 3.14. The van der Waals surface area contributed by atoms with Crippen LogP contribution in [-0.2, 0) is 4.79 Å². The number of nitrogens with zero attached hydrogens (tertiary/aromatic N) is 1. The number of carbonyl (C=O) groups is 1. The minimum Gasteiger partial charge on any atom is -0.384 e. The van der Waals surface area contributed by atoms with Crippen LogP contribution in [0.3, 0.4) is 0 Å². The Morgan fingerprint density at radius 3 is 2.77 bits per heavy atom. The summed E-state index contributed by atoms with van der Waals surface area (Å²) in [6.45, 7) is 1.46. The molecule has 0 aliphatic heterocycles. The van der Waals surface area contributed by atoms with Crippen LogP contribution in [0.1, 0.15) is 25.7 Å². The number of aromatic nitrogens is 1. The molecule has 26 heavy (non-hydrogen) atoms. The topological polar surface area (TPSA) is 54.0 Å². The van der Waals surface area contributed by atoms with Gasteiger partial charge in [0, 0.05) is 41.8 Å². The average molecular weight is 369 g/mol. The Kier molecular flexibility index (Phi) is 7.13. The molecule has 0 spiro atoms. The summed E-state index contributed by atoms with van der Waals surface area (Å²) in [4.78, 5) is 16.2. The second-order valence-electron chi connectivity index (χ2n) is 6.30. The summed E-state index contributed by atoms with van der Waals surface area (Å²) in [5, 5.41) is 8.13. The van der Waals surface area contributed by atoms with Crippen LogP contribution in [0.15, 0.2) is 30.5 Å². The molecular weight excluding hydrogens is 346 g/mol. The Hall–Kier alpha value is -1.81. The minimum absolute atomic E-state index is 0.126. The number of anilines is 1. The van der Waals surface area contributed by atoms with E-state index in [1.807, 2.05) is 37.1 Å². The number of carbonyl (C=O) groups excluding carboxylic acids is 1. The second-order valence-corrected chi connectivity index (χ2v) is 6.73. The van der Waals surface area contributed by atoms with Crippen molar-refractivity contribution in [2.24, 2.45) is 0 Å². The molecule has 0 atom stereocenters. The van der Waals surface area contributed by atoms with Gasteiger partial charge in [0.2, 0.25) is 5.91 Å². The van der Waals surface area contributed by atoms with Crippen LogP contribution in [0.25, 0.3) is 10.9 Å². The van der Waals surface area contributed by atoms with Gasteiger partial charge < -0.3 is 10.6 Å². The molecule has 0 unspecified atom stereocenters. The van der Waals surface area contributed by atoms with Crippen molar-refractivity contribution >= 4 is 34.1 Å². The molecule has 135 valence electrons. The van der Waals surface area contributed by atoms with Gasteiger partial charge in [-0.15, -0.1) is 0 Å². The van der Waals surface area contributed by atoms with E-state index in [0.717, 1.165) is 42.4 Å². The third-order valence-electron chi connectivity index (χ3n) is 4.30. The SMILES string of the molecule is O=C(CCC[C]1[CH][CH][CH][CH]1)NCCCNc1ccnc2cc(Cl)ccc12. The van der Waals surface area contributed by atoms with Crippen molar-refractivity contribution in [2.75, 3.05) is 18.4 Å². The molecule has 0 bridgehead atoms. The minimum atomic E-state index is 0.126. The summed E-state index contributed by atoms with van der Waals surface area (Å²) in [5.41, 5.74) is 1.91. The molecule has 3 rings (SSSR count). The van der Waals surface area contributed by atoms with Crippen LogP contribution >= 0.6 is 11.6 Å². The van der Waals surface area contributed by atoms with Crippen molar-refractivity contribution < 1.29 is 4.79 Å². The number of hydrogen-bond donors (Lipinski definition) is 2. The zero-order chi connectivity index (χ0) is 18.2. The molecule has 2 aromatic rings. The second kappa shape index (κ2) is 9.77. The highest BCUT2D eigenvalue weighted by atomic mass is 35.5. The molecule has 5 heteroatoms. The third-order valence-corrected chi connectivity index (χ3v) is 4.53. The zero-order valence-electron chi connectivity index (χ0n) is 14.7. The van der Waals surface area contributed by atoms with Gasteiger partial charge in [0.15, 0.2) is 0 Å². The van der Waals surface area contributed by atoms with Crippen LogP contribution in [0.2, 0.25) is 5.02 Å². The number of pyridine rings is 1. The Morgan fingerprint density at radius 1 is 1.08 bits per heavy atom. The maximum Gasteiger partial charge on any atom is 0.219 e. The van der Waals surface area contributed by atoms with E-state index >= 15 is 0 Å². The number of rotatable bonds is 9. The monoisotopic (exact) mass is 368 g/mol. The van der Waals surface area contributed by atoms with Gasteiger partial charge in [-0.25, -0.2) is 0 Å². The lowest BCUT2D eigenvalue weighted by Gasteiger charge is -2.10. The quantitative estimate of drug-likeness (QED) is 0.646. The van der Waals surface area contributed by atoms with Crippen molar-refractivity contribution in [2.45, 2.75) is 25.7 Å². The van der Waals surface area contributed by atoms with Crippen molar-refractivity contribution in [1.82, 2.24) is 10.3 Å². The van der Waals surface area contributed by atoms with Crippen LogP contribution in [-0.4, -0.2) is 24.0 Å². The fraction of sp³-hybridized carbons (Fsp3) is 0.286. The van der Waals surface area contributed by atoms with Gasteiger partial charge in [0.25, 0.3) is 0 Å². The van der Waals surface area contributed by atoms with Crippen LogP contribution in [0.5, 0.6) is 0 Å². The summed E-state index contributed by atoms with van der Waals surface area (Å²) >= 11 is 6.01. The number of nitrogens with one attached hydrogen (secondary N) is 2. The van der Waals surface area contributed by atoms with Crippen LogP contribution in [0, 0.1) is 31.6 Å². The van der Waals surface area contributed by atoms with E-state index < -0.39 is 0 Å². The van der Waals surface area contributed by atoms with Crippen molar-refractivity contribution in [3.05, 3.63) is 67.1 Å². The van der Waals surface area contributed by atoms with Gasteiger partial charge in [0.05, 0.1) is 5.52 Å². The number of benzene rings is 1. The maximum atomic E-state index is 11.9. The van der Waals surface area contributed by atoms with Crippen molar-refractivity contribution in [1.29, 1.82) is 0 Å². The van der Waals surface area contributed by atoms with Gasteiger partial charge in [-0.3, -0.25) is 9.78 Å². The standard InChI is InChI=1S/C21H23ClN3O/c22-17-9-10-18-19(11-14-24-20(18)15-17)23-12-4-13-25-21(26)8-3-7-16-5-1-2-6-16/h1-2,5-6,9-11,14-15H,3-4,7-8,12-13H2,(H,23,24)(H,25,26). The van der Waals surface area contributed by atoms with Crippen molar-refractivity contribution in [3.8, 4) is 0 Å². The van der Waals surface area contributed by atoms with E-state index in [9.17, 15) is 4.79 Å². The highest BCUT2D eigenvalue weighted by Crippen LogP contribution is 2.27. The van der Waals surface area contributed by atoms with Gasteiger partial charge >= 0.3 is 0 Å². The number of halogens is 1. The lowest BCUT2D eigenvalue weighted by molar-refractivity contribution is -0.121. The lowest BCUT2D eigenvalue weighted by atomic mass is 10.0. The normalized spacial score (nSPS) is 14.7. The largest absolute Gasteiger partial charge is 0.384 e. The molecule has 1 aromatic heterocycles. The molecule has 4 nitrogen and oxygen atoms in total. The molecule has 1 fully saturated rings. The molecule has 1 heterocycles. The van der Waals surface area contributed by atoms with Crippen LogP contribution < -0.4 is 10.6 Å². The summed E-state index contributed by atoms with van der Waals surface area (Å²) in [6.07, 6.45) is 13.3. The molecular formula is C21H23ClN3O. The van der Waals surface area contributed by atoms with Gasteiger partial charge in [-0.05, 0) is 75.1 Å². The smallest absolute Gasteiger partial charge is 0.219 e. The first-order valence-electron chi connectivity index (χ1n) is 8.98. The lowest BCUT2D eigenvalue weighted by Crippen LogP contribution is -2.25. The van der Waals surface area contributed by atoms with Gasteiger partial charge in [-0.2, -0.15) is 0 Å².